The summed E-state index contributed by atoms with van der Waals surface area (Å²) in [6, 6.07) is 8.11. The van der Waals surface area contributed by atoms with Crippen LogP contribution in [-0.2, 0) is 17.8 Å². The van der Waals surface area contributed by atoms with E-state index in [-0.39, 0.29) is 5.91 Å². The Kier molecular flexibility index (Phi) is 5.51. The van der Waals surface area contributed by atoms with Crippen LogP contribution in [-0.4, -0.2) is 40.1 Å². The number of aryl methyl sites for hydroxylation is 1. The fourth-order valence-electron chi connectivity index (χ4n) is 3.40. The van der Waals surface area contributed by atoms with Gasteiger partial charge in [0, 0.05) is 31.5 Å². The largest absolute Gasteiger partial charge is 0.497 e. The Labute approximate surface area is 143 Å². The van der Waals surface area contributed by atoms with E-state index in [4.69, 9.17) is 4.74 Å². The first-order valence-electron chi connectivity index (χ1n) is 8.64. The SMILES string of the molecule is COc1cccc(CC(=O)N2CCCC[C@H]2CCn2ccnc2)c1. The third-order valence-corrected chi connectivity index (χ3v) is 4.72. The number of imidazole rings is 1. The predicted molar refractivity (Wildman–Crippen MR) is 92.9 cm³/mol. The van der Waals surface area contributed by atoms with Gasteiger partial charge in [-0.3, -0.25) is 4.79 Å². The molecule has 3 rings (SSSR count). The van der Waals surface area contributed by atoms with E-state index in [1.165, 1.54) is 6.42 Å². The zero-order valence-electron chi connectivity index (χ0n) is 14.2. The van der Waals surface area contributed by atoms with Gasteiger partial charge in [0.25, 0.3) is 0 Å². The number of methoxy groups -OCH3 is 1. The summed E-state index contributed by atoms with van der Waals surface area (Å²) < 4.78 is 7.33. The molecule has 24 heavy (non-hydrogen) atoms. The van der Waals surface area contributed by atoms with Gasteiger partial charge in [-0.05, 0) is 43.4 Å². The highest BCUT2D eigenvalue weighted by Crippen LogP contribution is 2.22. The number of hydrogen-bond donors (Lipinski definition) is 0. The molecule has 1 amide bonds. The molecule has 0 spiro atoms. The molecular formula is C19H25N3O2. The molecule has 1 aromatic heterocycles. The summed E-state index contributed by atoms with van der Waals surface area (Å²) in [5.74, 6) is 1.02. The second kappa shape index (κ2) is 7.99. The van der Waals surface area contributed by atoms with E-state index >= 15 is 0 Å². The molecule has 1 atom stereocenters. The van der Waals surface area contributed by atoms with Crippen molar-refractivity contribution < 1.29 is 9.53 Å². The van der Waals surface area contributed by atoms with Crippen molar-refractivity contribution >= 4 is 5.91 Å². The molecule has 0 radical (unpaired) electrons. The lowest BCUT2D eigenvalue weighted by molar-refractivity contribution is -0.134. The van der Waals surface area contributed by atoms with Gasteiger partial charge >= 0.3 is 0 Å². The van der Waals surface area contributed by atoms with E-state index in [0.29, 0.717) is 12.5 Å². The van der Waals surface area contributed by atoms with Crippen LogP contribution >= 0.6 is 0 Å². The van der Waals surface area contributed by atoms with Crippen molar-refractivity contribution in [1.82, 2.24) is 14.5 Å². The molecule has 0 aliphatic carbocycles. The Morgan fingerprint density at radius 3 is 3.08 bits per heavy atom. The first kappa shape index (κ1) is 16.6. The van der Waals surface area contributed by atoms with E-state index < -0.39 is 0 Å². The lowest BCUT2D eigenvalue weighted by atomic mass is 9.98. The minimum absolute atomic E-state index is 0.221. The van der Waals surface area contributed by atoms with E-state index in [1.54, 1.807) is 13.3 Å². The standard InChI is InChI=1S/C19H25N3O2/c1-24-18-7-4-5-16(13-18)14-19(23)22-10-3-2-6-17(22)8-11-21-12-9-20-15-21/h4-5,7,9,12-13,15,17H,2-3,6,8,10-11,14H2,1H3/t17-/m0/s1. The Balaban J connectivity index is 1.62. The lowest BCUT2D eigenvalue weighted by Gasteiger charge is -2.36. The molecule has 5 nitrogen and oxygen atoms in total. The van der Waals surface area contributed by atoms with Crippen molar-refractivity contribution in [2.24, 2.45) is 0 Å². The van der Waals surface area contributed by atoms with Crippen molar-refractivity contribution in [2.45, 2.75) is 44.7 Å². The molecule has 2 heterocycles. The monoisotopic (exact) mass is 327 g/mol. The third-order valence-electron chi connectivity index (χ3n) is 4.72. The molecule has 5 heteroatoms. The third kappa shape index (κ3) is 4.16. The van der Waals surface area contributed by atoms with Crippen LogP contribution in [0.15, 0.2) is 43.0 Å². The van der Waals surface area contributed by atoms with Gasteiger partial charge in [-0.15, -0.1) is 0 Å². The van der Waals surface area contributed by atoms with E-state index in [1.807, 2.05) is 36.8 Å². The number of rotatable bonds is 6. The normalized spacial score (nSPS) is 17.7. The molecule has 1 aliphatic heterocycles. The zero-order chi connectivity index (χ0) is 16.8. The molecule has 1 aromatic carbocycles. The van der Waals surface area contributed by atoms with Gasteiger partial charge in [0.2, 0.25) is 5.91 Å². The molecule has 0 N–H and O–H groups in total. The number of aromatic nitrogens is 2. The maximum atomic E-state index is 12.8. The van der Waals surface area contributed by atoms with Gasteiger partial charge in [0.1, 0.15) is 5.75 Å². The van der Waals surface area contributed by atoms with Crippen LogP contribution in [0.3, 0.4) is 0 Å². The van der Waals surface area contributed by atoms with Crippen LogP contribution in [0, 0.1) is 0 Å². The molecule has 1 aliphatic rings. The van der Waals surface area contributed by atoms with Gasteiger partial charge in [-0.25, -0.2) is 4.98 Å². The van der Waals surface area contributed by atoms with Crippen LogP contribution in [0.1, 0.15) is 31.2 Å². The molecule has 0 saturated carbocycles. The fraction of sp³-hybridized carbons (Fsp3) is 0.474. The number of hydrogen-bond acceptors (Lipinski definition) is 3. The predicted octanol–water partition coefficient (Wildman–Crippen LogP) is 2.91. The lowest BCUT2D eigenvalue weighted by Crippen LogP contribution is -2.44. The highest BCUT2D eigenvalue weighted by molar-refractivity contribution is 5.79. The molecular weight excluding hydrogens is 302 g/mol. The Hall–Kier alpha value is -2.30. The first-order chi connectivity index (χ1) is 11.8. The molecule has 0 bridgehead atoms. The molecule has 1 fully saturated rings. The smallest absolute Gasteiger partial charge is 0.227 e. The summed E-state index contributed by atoms with van der Waals surface area (Å²) in [7, 11) is 1.65. The number of ether oxygens (including phenoxy) is 1. The van der Waals surface area contributed by atoms with Crippen LogP contribution in [0.2, 0.25) is 0 Å². The molecule has 128 valence electrons. The number of piperidine rings is 1. The van der Waals surface area contributed by atoms with Gasteiger partial charge in [-0.2, -0.15) is 0 Å². The minimum Gasteiger partial charge on any atom is -0.497 e. The van der Waals surface area contributed by atoms with Crippen molar-refractivity contribution in [3.8, 4) is 5.75 Å². The van der Waals surface area contributed by atoms with E-state index in [2.05, 4.69) is 14.5 Å². The fourth-order valence-corrected chi connectivity index (χ4v) is 3.40. The summed E-state index contributed by atoms with van der Waals surface area (Å²) in [5, 5.41) is 0. The van der Waals surface area contributed by atoms with Crippen LogP contribution < -0.4 is 4.74 Å². The quantitative estimate of drug-likeness (QED) is 0.819. The number of benzene rings is 1. The maximum absolute atomic E-state index is 12.8. The minimum atomic E-state index is 0.221. The molecule has 2 aromatic rings. The number of carbonyl (C=O) groups excluding carboxylic acids is 1. The van der Waals surface area contributed by atoms with E-state index in [0.717, 1.165) is 43.7 Å². The van der Waals surface area contributed by atoms with Gasteiger partial charge in [-0.1, -0.05) is 12.1 Å². The topological polar surface area (TPSA) is 47.4 Å². The molecule has 1 saturated heterocycles. The highest BCUT2D eigenvalue weighted by atomic mass is 16.5. The van der Waals surface area contributed by atoms with Crippen molar-refractivity contribution in [3.63, 3.8) is 0 Å². The summed E-state index contributed by atoms with van der Waals surface area (Å²) in [4.78, 5) is 19.0. The van der Waals surface area contributed by atoms with Crippen molar-refractivity contribution in [3.05, 3.63) is 48.5 Å². The summed E-state index contributed by atoms with van der Waals surface area (Å²) in [6.45, 7) is 1.78. The summed E-state index contributed by atoms with van der Waals surface area (Å²) in [5.41, 5.74) is 1.01. The number of nitrogens with zero attached hydrogens (tertiary/aromatic N) is 3. The molecule has 0 unspecified atom stereocenters. The Bertz CT molecular complexity index is 654. The van der Waals surface area contributed by atoms with Crippen molar-refractivity contribution in [2.75, 3.05) is 13.7 Å². The maximum Gasteiger partial charge on any atom is 0.227 e. The van der Waals surface area contributed by atoms with Gasteiger partial charge in [0.05, 0.1) is 19.9 Å². The van der Waals surface area contributed by atoms with Crippen molar-refractivity contribution in [1.29, 1.82) is 0 Å². The van der Waals surface area contributed by atoms with Gasteiger partial charge < -0.3 is 14.2 Å². The van der Waals surface area contributed by atoms with Crippen LogP contribution in [0.5, 0.6) is 5.75 Å². The number of likely N-dealkylation sites (tertiary alicyclic amines) is 1. The highest BCUT2D eigenvalue weighted by Gasteiger charge is 2.26. The number of amides is 1. The average molecular weight is 327 g/mol. The van der Waals surface area contributed by atoms with E-state index in [9.17, 15) is 4.79 Å². The second-order valence-corrected chi connectivity index (χ2v) is 6.35. The second-order valence-electron chi connectivity index (χ2n) is 6.35. The zero-order valence-corrected chi connectivity index (χ0v) is 14.2. The Morgan fingerprint density at radius 2 is 2.29 bits per heavy atom. The Morgan fingerprint density at radius 1 is 1.38 bits per heavy atom. The van der Waals surface area contributed by atoms with Gasteiger partial charge in [0.15, 0.2) is 0 Å². The van der Waals surface area contributed by atoms with Crippen LogP contribution in [0.25, 0.3) is 0 Å². The first-order valence-corrected chi connectivity index (χ1v) is 8.64. The average Bonchev–Trinajstić information content (AvgIpc) is 3.14. The summed E-state index contributed by atoms with van der Waals surface area (Å²) >= 11 is 0. The summed E-state index contributed by atoms with van der Waals surface area (Å²) in [6.07, 6.45) is 10.4. The van der Waals surface area contributed by atoms with Crippen LogP contribution in [0.4, 0.5) is 0 Å². The number of carbonyl (C=O) groups is 1.